The fourth-order valence-corrected chi connectivity index (χ4v) is 2.06. The lowest BCUT2D eigenvalue weighted by atomic mass is 10.1. The maximum absolute atomic E-state index is 11.2. The van der Waals surface area contributed by atoms with E-state index in [-0.39, 0.29) is 11.5 Å². The molecule has 0 saturated carbocycles. The largest absolute Gasteiger partial charge is 0.493 e. The minimum Gasteiger partial charge on any atom is -0.493 e. The summed E-state index contributed by atoms with van der Waals surface area (Å²) < 4.78 is 15.6. The number of carbonyl (C=O) groups excluding carboxylic acids is 1. The van der Waals surface area contributed by atoms with E-state index in [0.717, 1.165) is 25.7 Å². The van der Waals surface area contributed by atoms with Gasteiger partial charge in [-0.15, -0.1) is 0 Å². The van der Waals surface area contributed by atoms with Gasteiger partial charge in [-0.25, -0.2) is 4.79 Å². The van der Waals surface area contributed by atoms with Crippen molar-refractivity contribution in [1.29, 1.82) is 0 Å². The molecule has 0 atom stereocenters. The predicted octanol–water partition coefficient (Wildman–Crippen LogP) is 3.29. The molecule has 1 aromatic rings. The van der Waals surface area contributed by atoms with Crippen LogP contribution in [-0.4, -0.2) is 37.4 Å². The van der Waals surface area contributed by atoms with Crippen molar-refractivity contribution in [2.45, 2.75) is 39.0 Å². The number of rotatable bonds is 11. The van der Waals surface area contributed by atoms with E-state index in [1.807, 2.05) is 0 Å². The SMILES string of the molecule is CCOC(=O)CCCCCCOc1ccc(C(=O)O)cc1OC. The average molecular weight is 324 g/mol. The van der Waals surface area contributed by atoms with E-state index >= 15 is 0 Å². The fourth-order valence-electron chi connectivity index (χ4n) is 2.06. The van der Waals surface area contributed by atoms with Crippen molar-refractivity contribution < 1.29 is 28.9 Å². The summed E-state index contributed by atoms with van der Waals surface area (Å²) >= 11 is 0. The van der Waals surface area contributed by atoms with Crippen LogP contribution in [0.25, 0.3) is 0 Å². The van der Waals surface area contributed by atoms with E-state index in [2.05, 4.69) is 0 Å². The van der Waals surface area contributed by atoms with Crippen molar-refractivity contribution in [3.05, 3.63) is 23.8 Å². The van der Waals surface area contributed by atoms with Gasteiger partial charge in [0.1, 0.15) is 0 Å². The molecule has 0 heterocycles. The first kappa shape index (κ1) is 18.8. The summed E-state index contributed by atoms with van der Waals surface area (Å²) in [5, 5.41) is 8.94. The van der Waals surface area contributed by atoms with E-state index in [0.29, 0.717) is 31.1 Å². The van der Waals surface area contributed by atoms with E-state index in [4.69, 9.17) is 19.3 Å². The van der Waals surface area contributed by atoms with Gasteiger partial charge >= 0.3 is 11.9 Å². The van der Waals surface area contributed by atoms with Gasteiger partial charge in [-0.2, -0.15) is 0 Å². The highest BCUT2D eigenvalue weighted by Crippen LogP contribution is 2.28. The molecule has 1 rings (SSSR count). The molecule has 6 nitrogen and oxygen atoms in total. The van der Waals surface area contributed by atoms with Crippen LogP contribution < -0.4 is 9.47 Å². The number of carboxylic acid groups (broad SMARTS) is 1. The van der Waals surface area contributed by atoms with Gasteiger partial charge in [0.2, 0.25) is 0 Å². The number of carbonyl (C=O) groups is 2. The molecule has 0 radical (unpaired) electrons. The Balaban J connectivity index is 2.25. The summed E-state index contributed by atoms with van der Waals surface area (Å²) in [4.78, 5) is 22.1. The smallest absolute Gasteiger partial charge is 0.335 e. The molecule has 0 aliphatic rings. The lowest BCUT2D eigenvalue weighted by Gasteiger charge is -2.11. The quantitative estimate of drug-likeness (QED) is 0.497. The molecule has 0 aliphatic carbocycles. The Morgan fingerprint density at radius 3 is 2.48 bits per heavy atom. The van der Waals surface area contributed by atoms with Crippen molar-refractivity contribution in [3.8, 4) is 11.5 Å². The molecule has 128 valence electrons. The van der Waals surface area contributed by atoms with Crippen molar-refractivity contribution in [2.24, 2.45) is 0 Å². The molecular weight excluding hydrogens is 300 g/mol. The van der Waals surface area contributed by atoms with Crippen LogP contribution in [0.5, 0.6) is 11.5 Å². The summed E-state index contributed by atoms with van der Waals surface area (Å²) in [7, 11) is 1.48. The molecule has 23 heavy (non-hydrogen) atoms. The minimum atomic E-state index is -1.00. The lowest BCUT2D eigenvalue weighted by molar-refractivity contribution is -0.143. The summed E-state index contributed by atoms with van der Waals surface area (Å²) in [5.41, 5.74) is 0.160. The van der Waals surface area contributed by atoms with E-state index < -0.39 is 5.97 Å². The van der Waals surface area contributed by atoms with Crippen LogP contribution in [0.3, 0.4) is 0 Å². The van der Waals surface area contributed by atoms with Gasteiger partial charge in [-0.05, 0) is 38.0 Å². The van der Waals surface area contributed by atoms with Crippen LogP contribution >= 0.6 is 0 Å². The Bertz CT molecular complexity index is 512. The van der Waals surface area contributed by atoms with Gasteiger partial charge in [-0.1, -0.05) is 12.8 Å². The number of carboxylic acids is 1. The van der Waals surface area contributed by atoms with Crippen LogP contribution in [0.2, 0.25) is 0 Å². The third kappa shape index (κ3) is 7.04. The Hall–Kier alpha value is -2.24. The maximum atomic E-state index is 11.2. The topological polar surface area (TPSA) is 82.1 Å². The van der Waals surface area contributed by atoms with Gasteiger partial charge < -0.3 is 19.3 Å². The molecule has 1 aromatic carbocycles. The third-order valence-corrected chi connectivity index (χ3v) is 3.25. The third-order valence-electron chi connectivity index (χ3n) is 3.25. The van der Waals surface area contributed by atoms with Crippen molar-refractivity contribution >= 4 is 11.9 Å². The van der Waals surface area contributed by atoms with Crippen LogP contribution in [0.4, 0.5) is 0 Å². The molecule has 0 aliphatic heterocycles. The zero-order chi connectivity index (χ0) is 17.1. The molecule has 0 spiro atoms. The normalized spacial score (nSPS) is 10.2. The van der Waals surface area contributed by atoms with Crippen LogP contribution in [0, 0.1) is 0 Å². The average Bonchev–Trinajstić information content (AvgIpc) is 2.54. The minimum absolute atomic E-state index is 0.146. The number of aromatic carboxylic acids is 1. The van der Waals surface area contributed by atoms with E-state index in [1.54, 1.807) is 13.0 Å². The van der Waals surface area contributed by atoms with Gasteiger partial charge in [0, 0.05) is 6.42 Å². The zero-order valence-electron chi connectivity index (χ0n) is 13.7. The van der Waals surface area contributed by atoms with E-state index in [1.165, 1.54) is 19.2 Å². The van der Waals surface area contributed by atoms with Gasteiger partial charge in [0.25, 0.3) is 0 Å². The highest BCUT2D eigenvalue weighted by atomic mass is 16.5. The second-order valence-electron chi connectivity index (χ2n) is 4.99. The molecule has 1 N–H and O–H groups in total. The first-order valence-corrected chi connectivity index (χ1v) is 7.78. The van der Waals surface area contributed by atoms with Gasteiger partial charge in [0.05, 0.1) is 25.9 Å². The number of unbranched alkanes of at least 4 members (excludes halogenated alkanes) is 3. The first-order chi connectivity index (χ1) is 11.1. The highest BCUT2D eigenvalue weighted by Gasteiger charge is 2.09. The zero-order valence-corrected chi connectivity index (χ0v) is 13.7. The fraction of sp³-hybridized carbons (Fsp3) is 0.529. The Morgan fingerprint density at radius 2 is 1.83 bits per heavy atom. The second-order valence-corrected chi connectivity index (χ2v) is 4.99. The van der Waals surface area contributed by atoms with Gasteiger partial charge in [0.15, 0.2) is 11.5 Å². The molecule has 0 unspecified atom stereocenters. The van der Waals surface area contributed by atoms with Crippen LogP contribution in [0.1, 0.15) is 49.4 Å². The summed E-state index contributed by atoms with van der Waals surface area (Å²) in [5.74, 6) is -0.209. The Morgan fingerprint density at radius 1 is 1.09 bits per heavy atom. The maximum Gasteiger partial charge on any atom is 0.335 e. The highest BCUT2D eigenvalue weighted by molar-refractivity contribution is 5.88. The molecule has 0 saturated heterocycles. The molecule has 6 heteroatoms. The number of esters is 1. The summed E-state index contributed by atoms with van der Waals surface area (Å²) in [6.07, 6.45) is 4.02. The molecule has 0 fully saturated rings. The van der Waals surface area contributed by atoms with Crippen LogP contribution in [0.15, 0.2) is 18.2 Å². The number of hydrogen-bond acceptors (Lipinski definition) is 5. The second kappa shape index (κ2) is 10.5. The molecular formula is C17H24O6. The van der Waals surface area contributed by atoms with Crippen LogP contribution in [-0.2, 0) is 9.53 Å². The summed E-state index contributed by atoms with van der Waals surface area (Å²) in [6, 6.07) is 4.53. The molecule has 0 aromatic heterocycles. The van der Waals surface area contributed by atoms with Crippen molar-refractivity contribution in [1.82, 2.24) is 0 Å². The molecule has 0 amide bonds. The molecule has 0 bridgehead atoms. The first-order valence-electron chi connectivity index (χ1n) is 7.78. The Labute approximate surface area is 136 Å². The van der Waals surface area contributed by atoms with E-state index in [9.17, 15) is 9.59 Å². The number of hydrogen-bond donors (Lipinski definition) is 1. The monoisotopic (exact) mass is 324 g/mol. The standard InChI is InChI=1S/C17H24O6/c1-3-22-16(18)8-6-4-5-7-11-23-14-10-9-13(17(19)20)12-15(14)21-2/h9-10,12H,3-8,11H2,1-2H3,(H,19,20). The predicted molar refractivity (Wildman–Crippen MR) is 85.2 cm³/mol. The number of ether oxygens (including phenoxy) is 3. The lowest BCUT2D eigenvalue weighted by Crippen LogP contribution is -2.04. The Kier molecular flexibility index (Phi) is 8.57. The number of methoxy groups -OCH3 is 1. The van der Waals surface area contributed by atoms with Crippen molar-refractivity contribution in [3.63, 3.8) is 0 Å². The summed E-state index contributed by atoms with van der Waals surface area (Å²) in [6.45, 7) is 2.74. The van der Waals surface area contributed by atoms with Crippen molar-refractivity contribution in [2.75, 3.05) is 20.3 Å². The number of benzene rings is 1. The van der Waals surface area contributed by atoms with Gasteiger partial charge in [-0.3, -0.25) is 4.79 Å².